The lowest BCUT2D eigenvalue weighted by Gasteiger charge is -2.25. The van der Waals surface area contributed by atoms with Crippen molar-refractivity contribution < 1.29 is 19.4 Å². The number of carbonyl (C=O) groups is 1. The Bertz CT molecular complexity index is 729. The van der Waals surface area contributed by atoms with Gasteiger partial charge in [-0.2, -0.15) is 0 Å². The van der Waals surface area contributed by atoms with Crippen molar-refractivity contribution in [3.8, 4) is 11.5 Å². The van der Waals surface area contributed by atoms with Crippen molar-refractivity contribution >= 4 is 23.9 Å². The van der Waals surface area contributed by atoms with Crippen molar-refractivity contribution in [2.75, 3.05) is 13.2 Å². The molecule has 5 nitrogen and oxygen atoms in total. The van der Waals surface area contributed by atoms with E-state index in [1.807, 2.05) is 19.9 Å². The normalized spacial score (nSPS) is 22.5. The molecular formula is C20H25NO4S. The summed E-state index contributed by atoms with van der Waals surface area (Å²) in [6.07, 6.45) is 6.05. The van der Waals surface area contributed by atoms with Crippen LogP contribution in [0.1, 0.15) is 45.1 Å². The second kappa shape index (κ2) is 8.62. The molecule has 0 spiro atoms. The van der Waals surface area contributed by atoms with Crippen LogP contribution in [0.3, 0.4) is 0 Å². The summed E-state index contributed by atoms with van der Waals surface area (Å²) in [4.78, 5) is 17.1. The van der Waals surface area contributed by atoms with Crippen LogP contribution in [0.4, 0.5) is 0 Å². The van der Waals surface area contributed by atoms with Crippen molar-refractivity contribution in [1.29, 1.82) is 0 Å². The van der Waals surface area contributed by atoms with E-state index < -0.39 is 0 Å². The predicted molar refractivity (Wildman–Crippen MR) is 104 cm³/mol. The van der Waals surface area contributed by atoms with Crippen molar-refractivity contribution in [1.82, 2.24) is 0 Å². The number of hydrogen-bond donors (Lipinski definition) is 1. The Hall–Kier alpha value is -1.95. The Labute approximate surface area is 158 Å². The number of benzene rings is 1. The number of para-hydroxylation sites is 1. The zero-order valence-electron chi connectivity index (χ0n) is 15.2. The monoisotopic (exact) mass is 375 g/mol. The summed E-state index contributed by atoms with van der Waals surface area (Å²) >= 11 is 1.66. The number of aromatic hydroxyl groups is 1. The van der Waals surface area contributed by atoms with Crippen LogP contribution in [0.5, 0.6) is 11.5 Å². The SMILES string of the molecule is CCOC(=O)C1=C(N=Cc2cccc(OCC)c2O)SC2CCCCC12. The van der Waals surface area contributed by atoms with Gasteiger partial charge in [0, 0.05) is 22.9 Å². The first kappa shape index (κ1) is 18.8. The van der Waals surface area contributed by atoms with Gasteiger partial charge < -0.3 is 14.6 Å². The molecule has 6 heteroatoms. The van der Waals surface area contributed by atoms with Crippen LogP contribution in [-0.4, -0.2) is 35.8 Å². The summed E-state index contributed by atoms with van der Waals surface area (Å²) in [5, 5.41) is 11.5. The van der Waals surface area contributed by atoms with Crippen LogP contribution in [0.2, 0.25) is 0 Å². The molecule has 0 saturated heterocycles. The predicted octanol–water partition coefficient (Wildman–Crippen LogP) is 4.29. The Morgan fingerprint density at radius 3 is 2.88 bits per heavy atom. The molecule has 3 rings (SSSR count). The van der Waals surface area contributed by atoms with Gasteiger partial charge in [0.1, 0.15) is 5.03 Å². The van der Waals surface area contributed by atoms with Crippen LogP contribution in [0, 0.1) is 5.92 Å². The van der Waals surface area contributed by atoms with Crippen molar-refractivity contribution in [2.24, 2.45) is 10.9 Å². The van der Waals surface area contributed by atoms with Gasteiger partial charge >= 0.3 is 5.97 Å². The van der Waals surface area contributed by atoms with Crippen molar-refractivity contribution in [3.63, 3.8) is 0 Å². The molecule has 1 aliphatic heterocycles. The molecule has 0 aromatic heterocycles. The topological polar surface area (TPSA) is 68.1 Å². The summed E-state index contributed by atoms with van der Waals surface area (Å²) < 4.78 is 10.7. The number of aliphatic imine (C=N–C) groups is 1. The highest BCUT2D eigenvalue weighted by Gasteiger charge is 2.41. The molecule has 2 atom stereocenters. The molecule has 1 heterocycles. The molecular weight excluding hydrogens is 350 g/mol. The number of phenols is 1. The lowest BCUT2D eigenvalue weighted by Crippen LogP contribution is -2.24. The van der Waals surface area contributed by atoms with E-state index >= 15 is 0 Å². The van der Waals surface area contributed by atoms with Gasteiger partial charge in [-0.1, -0.05) is 18.9 Å². The number of thioether (sulfide) groups is 1. The van der Waals surface area contributed by atoms with Gasteiger partial charge in [0.15, 0.2) is 11.5 Å². The molecule has 140 valence electrons. The second-order valence-corrected chi connectivity index (χ2v) is 7.60. The Morgan fingerprint density at radius 1 is 1.31 bits per heavy atom. The number of esters is 1. The summed E-state index contributed by atoms with van der Waals surface area (Å²) in [6.45, 7) is 4.52. The van der Waals surface area contributed by atoms with E-state index in [-0.39, 0.29) is 17.6 Å². The Morgan fingerprint density at radius 2 is 2.12 bits per heavy atom. The van der Waals surface area contributed by atoms with E-state index in [1.54, 1.807) is 30.1 Å². The van der Waals surface area contributed by atoms with E-state index in [2.05, 4.69) is 4.99 Å². The number of hydrogen-bond acceptors (Lipinski definition) is 6. The van der Waals surface area contributed by atoms with Crippen molar-refractivity contribution in [2.45, 2.75) is 44.8 Å². The molecule has 26 heavy (non-hydrogen) atoms. The molecule has 0 amide bonds. The minimum absolute atomic E-state index is 0.0665. The maximum absolute atomic E-state index is 12.5. The Balaban J connectivity index is 1.90. The zero-order chi connectivity index (χ0) is 18.5. The average molecular weight is 375 g/mol. The van der Waals surface area contributed by atoms with Gasteiger partial charge in [-0.25, -0.2) is 9.79 Å². The molecule has 2 unspecified atom stereocenters. The molecule has 2 aliphatic rings. The third kappa shape index (κ3) is 3.90. The number of nitrogens with zero attached hydrogens (tertiary/aromatic N) is 1. The molecule has 1 saturated carbocycles. The van der Waals surface area contributed by atoms with E-state index in [4.69, 9.17) is 9.47 Å². The fourth-order valence-corrected chi connectivity index (χ4v) is 5.01. The first-order chi connectivity index (χ1) is 12.7. The summed E-state index contributed by atoms with van der Waals surface area (Å²) in [5.74, 6) is 0.470. The van der Waals surface area contributed by atoms with E-state index in [0.29, 0.717) is 35.3 Å². The highest BCUT2D eigenvalue weighted by atomic mass is 32.2. The number of carbonyl (C=O) groups excluding carboxylic acids is 1. The molecule has 1 aromatic rings. The minimum atomic E-state index is -0.256. The summed E-state index contributed by atoms with van der Waals surface area (Å²) in [7, 11) is 0. The summed E-state index contributed by atoms with van der Waals surface area (Å²) in [5.41, 5.74) is 1.28. The average Bonchev–Trinajstić information content (AvgIpc) is 3.01. The lowest BCUT2D eigenvalue weighted by molar-refractivity contribution is -0.139. The highest BCUT2D eigenvalue weighted by Crippen LogP contribution is 2.49. The van der Waals surface area contributed by atoms with Crippen molar-refractivity contribution in [3.05, 3.63) is 34.4 Å². The molecule has 1 aliphatic carbocycles. The first-order valence-electron chi connectivity index (χ1n) is 9.22. The molecule has 0 radical (unpaired) electrons. The maximum atomic E-state index is 12.5. The summed E-state index contributed by atoms with van der Waals surface area (Å²) in [6, 6.07) is 5.31. The number of phenolic OH excluding ortho intramolecular Hbond substituents is 1. The number of ether oxygens (including phenoxy) is 2. The van der Waals surface area contributed by atoms with E-state index in [0.717, 1.165) is 24.3 Å². The second-order valence-electron chi connectivity index (χ2n) is 6.37. The minimum Gasteiger partial charge on any atom is -0.504 e. The van der Waals surface area contributed by atoms with Gasteiger partial charge in [-0.05, 0) is 38.8 Å². The van der Waals surface area contributed by atoms with Gasteiger partial charge in [0.05, 0.1) is 18.8 Å². The van der Waals surface area contributed by atoms with E-state index in [1.165, 1.54) is 6.42 Å². The number of rotatable bonds is 6. The zero-order valence-corrected chi connectivity index (χ0v) is 16.1. The first-order valence-corrected chi connectivity index (χ1v) is 10.1. The van der Waals surface area contributed by atoms with E-state index in [9.17, 15) is 9.90 Å². The molecule has 1 N–H and O–H groups in total. The van der Waals surface area contributed by atoms with Crippen LogP contribution in [0.25, 0.3) is 0 Å². The smallest absolute Gasteiger partial charge is 0.337 e. The Kier molecular flexibility index (Phi) is 6.25. The third-order valence-corrected chi connectivity index (χ3v) is 6.13. The van der Waals surface area contributed by atoms with Crippen LogP contribution < -0.4 is 4.74 Å². The van der Waals surface area contributed by atoms with Crippen LogP contribution in [0.15, 0.2) is 33.8 Å². The van der Waals surface area contributed by atoms with Gasteiger partial charge in [0.25, 0.3) is 0 Å². The van der Waals surface area contributed by atoms with Crippen LogP contribution in [-0.2, 0) is 9.53 Å². The van der Waals surface area contributed by atoms with Crippen LogP contribution >= 0.6 is 11.8 Å². The highest BCUT2D eigenvalue weighted by molar-refractivity contribution is 8.04. The maximum Gasteiger partial charge on any atom is 0.337 e. The van der Waals surface area contributed by atoms with Gasteiger partial charge in [-0.3, -0.25) is 0 Å². The fraction of sp³-hybridized carbons (Fsp3) is 0.500. The fourth-order valence-electron chi connectivity index (χ4n) is 3.52. The largest absolute Gasteiger partial charge is 0.504 e. The van der Waals surface area contributed by atoms with Gasteiger partial charge in [-0.15, -0.1) is 11.8 Å². The molecule has 1 fully saturated rings. The lowest BCUT2D eigenvalue weighted by atomic mass is 9.84. The molecule has 1 aromatic carbocycles. The third-order valence-electron chi connectivity index (χ3n) is 4.71. The number of fused-ring (bicyclic) bond motifs is 1. The standard InChI is InChI=1S/C20H25NO4S/c1-3-24-15-10-7-8-13(18(15)22)12-21-19-17(20(23)25-4-2)14-9-5-6-11-16(14)26-19/h7-8,10,12,14,16,22H,3-6,9,11H2,1-2H3. The molecule has 0 bridgehead atoms. The van der Waals surface area contributed by atoms with Gasteiger partial charge in [0.2, 0.25) is 0 Å². The quantitative estimate of drug-likeness (QED) is 0.593.